The molecule has 2 aromatic rings. The van der Waals surface area contributed by atoms with Gasteiger partial charge >= 0.3 is 0 Å². The van der Waals surface area contributed by atoms with E-state index in [9.17, 15) is 8.42 Å². The number of hydrogen-bond acceptors (Lipinski definition) is 3. The SMILES string of the molecule is CC(C)CCc1ccc(S(=O)(=O)Nc2cccc(C#N)c2)cc1. The second-order valence-corrected chi connectivity index (χ2v) is 7.56. The molecule has 5 heteroatoms. The van der Waals surface area contributed by atoms with Crippen LogP contribution in [0.25, 0.3) is 0 Å². The Balaban J connectivity index is 2.14. The zero-order valence-corrected chi connectivity index (χ0v) is 14.1. The van der Waals surface area contributed by atoms with Gasteiger partial charge in [-0.05, 0) is 54.7 Å². The molecule has 23 heavy (non-hydrogen) atoms. The third-order valence-electron chi connectivity index (χ3n) is 3.49. The number of anilines is 1. The summed E-state index contributed by atoms with van der Waals surface area (Å²) in [6.45, 7) is 4.33. The molecule has 0 aliphatic heterocycles. The van der Waals surface area contributed by atoms with E-state index in [1.54, 1.807) is 30.3 Å². The summed E-state index contributed by atoms with van der Waals surface area (Å²) in [4.78, 5) is 0.216. The van der Waals surface area contributed by atoms with Gasteiger partial charge in [0.15, 0.2) is 0 Å². The van der Waals surface area contributed by atoms with E-state index in [4.69, 9.17) is 5.26 Å². The van der Waals surface area contributed by atoms with Crippen molar-refractivity contribution in [3.05, 3.63) is 59.7 Å². The molecule has 0 heterocycles. The van der Waals surface area contributed by atoms with Crippen molar-refractivity contribution in [3.63, 3.8) is 0 Å². The normalized spacial score (nSPS) is 11.2. The summed E-state index contributed by atoms with van der Waals surface area (Å²) in [6, 6.07) is 15.3. The minimum Gasteiger partial charge on any atom is -0.280 e. The van der Waals surface area contributed by atoms with Crippen molar-refractivity contribution < 1.29 is 8.42 Å². The van der Waals surface area contributed by atoms with E-state index >= 15 is 0 Å². The van der Waals surface area contributed by atoms with Crippen molar-refractivity contribution in [3.8, 4) is 6.07 Å². The lowest BCUT2D eigenvalue weighted by atomic mass is 10.0. The van der Waals surface area contributed by atoms with Crippen LogP contribution in [-0.4, -0.2) is 8.42 Å². The van der Waals surface area contributed by atoms with Crippen LogP contribution in [0.5, 0.6) is 0 Å². The molecule has 0 radical (unpaired) electrons. The van der Waals surface area contributed by atoms with Crippen LogP contribution in [0.2, 0.25) is 0 Å². The third kappa shape index (κ3) is 4.83. The van der Waals surface area contributed by atoms with E-state index in [0.717, 1.165) is 18.4 Å². The molecule has 0 aliphatic carbocycles. The minimum atomic E-state index is -3.65. The van der Waals surface area contributed by atoms with Gasteiger partial charge < -0.3 is 0 Å². The number of hydrogen-bond donors (Lipinski definition) is 1. The first-order chi connectivity index (χ1) is 10.9. The lowest BCUT2D eigenvalue weighted by Crippen LogP contribution is -2.13. The maximum atomic E-state index is 12.4. The monoisotopic (exact) mass is 328 g/mol. The van der Waals surface area contributed by atoms with E-state index in [0.29, 0.717) is 17.2 Å². The molecule has 0 aliphatic rings. The van der Waals surface area contributed by atoms with Gasteiger partial charge in [0, 0.05) is 0 Å². The fourth-order valence-electron chi connectivity index (χ4n) is 2.16. The molecule has 2 aromatic carbocycles. The summed E-state index contributed by atoms with van der Waals surface area (Å²) < 4.78 is 27.3. The predicted molar refractivity (Wildman–Crippen MR) is 91.6 cm³/mol. The van der Waals surface area contributed by atoms with Gasteiger partial charge in [-0.3, -0.25) is 4.72 Å². The molecule has 120 valence electrons. The van der Waals surface area contributed by atoms with Gasteiger partial charge in [-0.15, -0.1) is 0 Å². The Bertz CT molecular complexity index is 804. The van der Waals surface area contributed by atoms with Crippen LogP contribution >= 0.6 is 0 Å². The number of nitriles is 1. The fraction of sp³-hybridized carbons (Fsp3) is 0.278. The number of rotatable bonds is 6. The van der Waals surface area contributed by atoms with E-state index in [-0.39, 0.29) is 4.90 Å². The van der Waals surface area contributed by atoms with Gasteiger partial charge in [-0.25, -0.2) is 8.42 Å². The van der Waals surface area contributed by atoms with E-state index in [1.807, 2.05) is 18.2 Å². The molecule has 2 rings (SSSR count). The van der Waals surface area contributed by atoms with Crippen LogP contribution < -0.4 is 4.72 Å². The summed E-state index contributed by atoms with van der Waals surface area (Å²) >= 11 is 0. The Morgan fingerprint density at radius 1 is 1.13 bits per heavy atom. The minimum absolute atomic E-state index is 0.216. The summed E-state index contributed by atoms with van der Waals surface area (Å²) in [5.41, 5.74) is 1.92. The highest BCUT2D eigenvalue weighted by atomic mass is 32.2. The van der Waals surface area contributed by atoms with Crippen molar-refractivity contribution in [2.45, 2.75) is 31.6 Å². The molecule has 0 saturated heterocycles. The zero-order chi connectivity index (χ0) is 16.9. The van der Waals surface area contributed by atoms with Crippen LogP contribution in [-0.2, 0) is 16.4 Å². The van der Waals surface area contributed by atoms with Gasteiger partial charge in [0.2, 0.25) is 0 Å². The molecule has 0 atom stereocenters. The molecular formula is C18H20N2O2S. The van der Waals surface area contributed by atoms with Gasteiger partial charge in [-0.2, -0.15) is 5.26 Å². The Labute approximate surface area is 137 Å². The van der Waals surface area contributed by atoms with Crippen molar-refractivity contribution >= 4 is 15.7 Å². The lowest BCUT2D eigenvalue weighted by molar-refractivity contribution is 0.586. The maximum Gasteiger partial charge on any atom is 0.261 e. The van der Waals surface area contributed by atoms with Crippen molar-refractivity contribution in [2.75, 3.05) is 4.72 Å². The Morgan fingerprint density at radius 2 is 1.83 bits per heavy atom. The van der Waals surface area contributed by atoms with Gasteiger partial charge in [0.05, 0.1) is 22.2 Å². The number of nitrogens with one attached hydrogen (secondary N) is 1. The van der Waals surface area contributed by atoms with Crippen molar-refractivity contribution in [1.82, 2.24) is 0 Å². The zero-order valence-electron chi connectivity index (χ0n) is 13.3. The van der Waals surface area contributed by atoms with Gasteiger partial charge in [0.1, 0.15) is 0 Å². The van der Waals surface area contributed by atoms with E-state index in [2.05, 4.69) is 18.6 Å². The van der Waals surface area contributed by atoms with Crippen LogP contribution in [0.4, 0.5) is 5.69 Å². The second-order valence-electron chi connectivity index (χ2n) is 5.87. The molecular weight excluding hydrogens is 308 g/mol. The quantitative estimate of drug-likeness (QED) is 0.873. The molecule has 1 N–H and O–H groups in total. The average Bonchev–Trinajstić information content (AvgIpc) is 2.53. The number of aryl methyl sites for hydroxylation is 1. The molecule has 4 nitrogen and oxygen atoms in total. The summed E-state index contributed by atoms with van der Waals surface area (Å²) in [7, 11) is -3.65. The second kappa shape index (κ2) is 7.30. The predicted octanol–water partition coefficient (Wildman–Crippen LogP) is 3.95. The van der Waals surface area contributed by atoms with Crippen molar-refractivity contribution in [1.29, 1.82) is 5.26 Å². The van der Waals surface area contributed by atoms with Crippen LogP contribution in [0.3, 0.4) is 0 Å². The summed E-state index contributed by atoms with van der Waals surface area (Å²) in [5.74, 6) is 0.618. The summed E-state index contributed by atoms with van der Waals surface area (Å²) in [5, 5.41) is 8.87. The highest BCUT2D eigenvalue weighted by Crippen LogP contribution is 2.18. The van der Waals surface area contributed by atoms with E-state index < -0.39 is 10.0 Å². The largest absolute Gasteiger partial charge is 0.280 e. The first-order valence-corrected chi connectivity index (χ1v) is 9.01. The lowest BCUT2D eigenvalue weighted by Gasteiger charge is -2.09. The Hall–Kier alpha value is -2.32. The molecule has 0 bridgehead atoms. The first-order valence-electron chi connectivity index (χ1n) is 7.52. The molecule has 0 unspecified atom stereocenters. The van der Waals surface area contributed by atoms with Crippen LogP contribution in [0, 0.1) is 17.2 Å². The van der Waals surface area contributed by atoms with Crippen LogP contribution in [0.15, 0.2) is 53.4 Å². The number of nitrogens with zero attached hydrogens (tertiary/aromatic N) is 1. The van der Waals surface area contributed by atoms with Gasteiger partial charge in [-0.1, -0.05) is 32.0 Å². The smallest absolute Gasteiger partial charge is 0.261 e. The van der Waals surface area contributed by atoms with Crippen LogP contribution in [0.1, 0.15) is 31.4 Å². The molecule has 0 aromatic heterocycles. The van der Waals surface area contributed by atoms with Crippen molar-refractivity contribution in [2.24, 2.45) is 5.92 Å². The number of benzene rings is 2. The third-order valence-corrected chi connectivity index (χ3v) is 4.89. The molecule has 0 saturated carbocycles. The molecule has 0 fully saturated rings. The Morgan fingerprint density at radius 3 is 2.43 bits per heavy atom. The first kappa shape index (κ1) is 17.0. The standard InChI is InChI=1S/C18H20N2O2S/c1-14(2)6-7-15-8-10-18(11-9-15)23(21,22)20-17-5-3-4-16(12-17)13-19/h3-5,8-12,14,20H,6-7H2,1-2H3. The molecule has 0 spiro atoms. The highest BCUT2D eigenvalue weighted by Gasteiger charge is 2.14. The maximum absolute atomic E-state index is 12.4. The fourth-order valence-corrected chi connectivity index (χ4v) is 3.21. The van der Waals surface area contributed by atoms with Gasteiger partial charge in [0.25, 0.3) is 10.0 Å². The Kier molecular flexibility index (Phi) is 5.41. The van der Waals surface area contributed by atoms with E-state index in [1.165, 1.54) is 6.07 Å². The highest BCUT2D eigenvalue weighted by molar-refractivity contribution is 7.92. The topological polar surface area (TPSA) is 70.0 Å². The number of sulfonamides is 1. The summed E-state index contributed by atoms with van der Waals surface area (Å²) in [6.07, 6.45) is 2.01. The average molecular weight is 328 g/mol. The molecule has 0 amide bonds.